The Balaban J connectivity index is 1.68. The van der Waals surface area contributed by atoms with Gasteiger partial charge in [-0.25, -0.2) is 0 Å². The average molecular weight is 340 g/mol. The lowest BCUT2D eigenvalue weighted by atomic mass is 9.77. The smallest absolute Gasteiger partial charge is 0.343 e. The summed E-state index contributed by atoms with van der Waals surface area (Å²) in [5.74, 6) is -0.415. The molecular weight excluding hydrogens is 325 g/mol. The van der Waals surface area contributed by atoms with E-state index in [9.17, 15) is 18.0 Å². The molecule has 0 unspecified atom stereocenters. The minimum absolute atomic E-state index is 0.0968. The van der Waals surface area contributed by atoms with E-state index in [1.165, 1.54) is 12.1 Å². The van der Waals surface area contributed by atoms with Gasteiger partial charge in [-0.05, 0) is 31.4 Å². The zero-order valence-corrected chi connectivity index (χ0v) is 12.6. The number of amides is 1. The van der Waals surface area contributed by atoms with Crippen LogP contribution in [-0.4, -0.2) is 16.0 Å². The van der Waals surface area contributed by atoms with Crippen LogP contribution in [0.5, 0.6) is 0 Å². The molecule has 1 aromatic carbocycles. The van der Waals surface area contributed by atoms with Crippen molar-refractivity contribution in [3.05, 3.63) is 47.1 Å². The zero-order valence-electron chi connectivity index (χ0n) is 12.6. The van der Waals surface area contributed by atoms with Crippen LogP contribution in [0.1, 0.15) is 46.9 Å². The van der Waals surface area contributed by atoms with Crippen LogP contribution in [0.15, 0.2) is 28.8 Å². The van der Waals surface area contributed by atoms with Crippen LogP contribution in [0.25, 0.3) is 0 Å². The van der Waals surface area contributed by atoms with E-state index < -0.39 is 28.7 Å². The first-order chi connectivity index (χ1) is 11.3. The van der Waals surface area contributed by atoms with E-state index >= 15 is 0 Å². The molecule has 1 aromatic heterocycles. The van der Waals surface area contributed by atoms with Gasteiger partial charge in [0.25, 0.3) is 5.91 Å². The Morgan fingerprint density at radius 2 is 2.04 bits per heavy atom. The predicted octanol–water partition coefficient (Wildman–Crippen LogP) is 2.36. The second kappa shape index (κ2) is 5.90. The quantitative estimate of drug-likeness (QED) is 0.891. The van der Waals surface area contributed by atoms with E-state index in [0.717, 1.165) is 31.4 Å². The van der Waals surface area contributed by atoms with Crippen molar-refractivity contribution in [2.45, 2.75) is 37.5 Å². The Kier molecular flexibility index (Phi) is 4.04. The maximum absolute atomic E-state index is 12.9. The minimum atomic E-state index is -4.61. The van der Waals surface area contributed by atoms with Crippen LogP contribution in [0.2, 0.25) is 0 Å². The molecule has 128 valence electrons. The monoisotopic (exact) mass is 340 g/mol. The van der Waals surface area contributed by atoms with Crippen molar-refractivity contribution in [1.82, 2.24) is 15.5 Å². The molecule has 24 heavy (non-hydrogen) atoms. The largest absolute Gasteiger partial charge is 0.417 e. The zero-order chi connectivity index (χ0) is 17.4. The van der Waals surface area contributed by atoms with Gasteiger partial charge in [-0.2, -0.15) is 18.2 Å². The summed E-state index contributed by atoms with van der Waals surface area (Å²) in [4.78, 5) is 16.1. The fourth-order valence-electron chi connectivity index (χ4n) is 2.49. The maximum atomic E-state index is 12.9. The summed E-state index contributed by atoms with van der Waals surface area (Å²) in [5, 5.41) is 6.13. The highest BCUT2D eigenvalue weighted by molar-refractivity contribution is 5.95. The van der Waals surface area contributed by atoms with E-state index in [4.69, 9.17) is 10.3 Å². The number of aromatic nitrogens is 2. The van der Waals surface area contributed by atoms with Crippen molar-refractivity contribution < 1.29 is 22.5 Å². The Labute approximate surface area is 135 Å². The van der Waals surface area contributed by atoms with Gasteiger partial charge in [0.15, 0.2) is 5.82 Å². The first kappa shape index (κ1) is 16.4. The maximum Gasteiger partial charge on any atom is 0.417 e. The van der Waals surface area contributed by atoms with Crippen LogP contribution in [0, 0.1) is 0 Å². The fraction of sp³-hybridized carbons (Fsp3) is 0.400. The number of alkyl halides is 3. The number of hydrogen-bond acceptors (Lipinski definition) is 5. The van der Waals surface area contributed by atoms with Crippen molar-refractivity contribution in [2.75, 3.05) is 0 Å². The summed E-state index contributed by atoms with van der Waals surface area (Å²) in [7, 11) is 0. The van der Waals surface area contributed by atoms with E-state index in [1.807, 2.05) is 0 Å². The Hall–Kier alpha value is -2.42. The molecule has 3 rings (SSSR count). The van der Waals surface area contributed by atoms with Crippen molar-refractivity contribution in [1.29, 1.82) is 0 Å². The molecule has 1 aliphatic carbocycles. The molecule has 0 aliphatic heterocycles. The van der Waals surface area contributed by atoms with Crippen LogP contribution in [0.4, 0.5) is 13.2 Å². The summed E-state index contributed by atoms with van der Waals surface area (Å²) in [5.41, 5.74) is 4.00. The number of benzene rings is 1. The van der Waals surface area contributed by atoms with Crippen LogP contribution < -0.4 is 11.1 Å². The molecule has 0 atom stereocenters. The van der Waals surface area contributed by atoms with E-state index in [-0.39, 0.29) is 12.4 Å². The summed E-state index contributed by atoms with van der Waals surface area (Å²) in [6.07, 6.45) is -2.14. The van der Waals surface area contributed by atoms with Crippen molar-refractivity contribution in [2.24, 2.45) is 5.73 Å². The molecule has 1 saturated carbocycles. The molecule has 6 nitrogen and oxygen atoms in total. The number of hydrogen-bond donors (Lipinski definition) is 2. The van der Waals surface area contributed by atoms with Gasteiger partial charge in [-0.15, -0.1) is 0 Å². The standard InChI is InChI=1S/C15H15F3N4O2/c16-15(17,18)10-5-2-1-4-9(10)12(23)20-8-11-21-13(22-24-11)14(19)6-3-7-14/h1-2,4-5H,3,6-8,19H2,(H,20,23). The van der Waals surface area contributed by atoms with E-state index in [2.05, 4.69) is 15.5 Å². The second-order valence-corrected chi connectivity index (χ2v) is 5.75. The number of halogens is 3. The highest BCUT2D eigenvalue weighted by Gasteiger charge is 2.39. The number of nitrogens with zero attached hydrogens (tertiary/aromatic N) is 2. The lowest BCUT2D eigenvalue weighted by Gasteiger charge is -2.34. The Bertz CT molecular complexity index is 753. The third-order valence-electron chi connectivity index (χ3n) is 4.04. The number of rotatable bonds is 4. The Morgan fingerprint density at radius 3 is 2.67 bits per heavy atom. The molecule has 1 amide bonds. The van der Waals surface area contributed by atoms with Crippen molar-refractivity contribution >= 4 is 5.91 Å². The van der Waals surface area contributed by atoms with E-state index in [0.29, 0.717) is 5.82 Å². The van der Waals surface area contributed by atoms with Gasteiger partial charge in [-0.1, -0.05) is 17.3 Å². The number of nitrogens with two attached hydrogens (primary N) is 1. The molecular formula is C15H15F3N4O2. The lowest BCUT2D eigenvalue weighted by Crippen LogP contribution is -2.44. The summed E-state index contributed by atoms with van der Waals surface area (Å²) >= 11 is 0. The highest BCUT2D eigenvalue weighted by Crippen LogP contribution is 2.36. The van der Waals surface area contributed by atoms with Crippen molar-refractivity contribution in [3.63, 3.8) is 0 Å². The highest BCUT2D eigenvalue weighted by atomic mass is 19.4. The Morgan fingerprint density at radius 1 is 1.33 bits per heavy atom. The molecule has 1 aliphatic rings. The molecule has 1 fully saturated rings. The summed E-state index contributed by atoms with van der Waals surface area (Å²) in [6.45, 7) is -0.173. The van der Waals surface area contributed by atoms with Gasteiger partial charge in [0.1, 0.15) is 0 Å². The first-order valence-corrected chi connectivity index (χ1v) is 7.36. The third kappa shape index (κ3) is 3.12. The minimum Gasteiger partial charge on any atom is -0.343 e. The normalized spacial score (nSPS) is 16.5. The summed E-state index contributed by atoms with van der Waals surface area (Å²) < 4.78 is 43.7. The van der Waals surface area contributed by atoms with Gasteiger partial charge in [-0.3, -0.25) is 4.79 Å². The van der Waals surface area contributed by atoms with E-state index in [1.54, 1.807) is 0 Å². The van der Waals surface area contributed by atoms with Crippen LogP contribution in [0.3, 0.4) is 0 Å². The van der Waals surface area contributed by atoms with Gasteiger partial charge in [0, 0.05) is 0 Å². The van der Waals surface area contributed by atoms with Gasteiger partial charge in [0.05, 0.1) is 23.2 Å². The summed E-state index contributed by atoms with van der Waals surface area (Å²) in [6, 6.07) is 4.56. The number of carbonyl (C=O) groups excluding carboxylic acids is 1. The predicted molar refractivity (Wildman–Crippen MR) is 76.6 cm³/mol. The first-order valence-electron chi connectivity index (χ1n) is 7.36. The van der Waals surface area contributed by atoms with Crippen molar-refractivity contribution in [3.8, 4) is 0 Å². The number of nitrogens with one attached hydrogen (secondary N) is 1. The number of carbonyl (C=O) groups is 1. The molecule has 9 heteroatoms. The molecule has 1 heterocycles. The van der Waals surface area contributed by atoms with Crippen LogP contribution >= 0.6 is 0 Å². The SMILES string of the molecule is NC1(c2noc(CNC(=O)c3ccccc3C(F)(F)F)n2)CCC1. The van der Waals surface area contributed by atoms with Gasteiger partial charge < -0.3 is 15.6 Å². The molecule has 0 bridgehead atoms. The van der Waals surface area contributed by atoms with Gasteiger partial charge in [0.2, 0.25) is 5.89 Å². The molecule has 3 N–H and O–H groups in total. The average Bonchev–Trinajstić information content (AvgIpc) is 2.98. The van der Waals surface area contributed by atoms with Gasteiger partial charge >= 0.3 is 6.18 Å². The lowest BCUT2D eigenvalue weighted by molar-refractivity contribution is -0.137. The topological polar surface area (TPSA) is 94.0 Å². The molecule has 0 radical (unpaired) electrons. The molecule has 0 spiro atoms. The molecule has 0 saturated heterocycles. The third-order valence-corrected chi connectivity index (χ3v) is 4.04. The fourth-order valence-corrected chi connectivity index (χ4v) is 2.49. The molecule has 2 aromatic rings. The van der Waals surface area contributed by atoms with Crippen LogP contribution in [-0.2, 0) is 18.3 Å². The second-order valence-electron chi connectivity index (χ2n) is 5.75.